The molecule has 1 fully saturated rings. The summed E-state index contributed by atoms with van der Waals surface area (Å²) in [7, 11) is 0. The molecule has 4 nitrogen and oxygen atoms in total. The third-order valence-electron chi connectivity index (χ3n) is 3.78. The molecule has 21 heavy (non-hydrogen) atoms. The number of benzene rings is 1. The lowest BCUT2D eigenvalue weighted by molar-refractivity contribution is -0.164. The molecule has 0 spiro atoms. The van der Waals surface area contributed by atoms with Crippen LogP contribution in [-0.2, 0) is 16.0 Å². The normalized spacial score (nSPS) is 19.0. The molecule has 1 unspecified atom stereocenters. The van der Waals surface area contributed by atoms with Gasteiger partial charge in [-0.3, -0.25) is 4.90 Å². The molecule has 1 aromatic rings. The monoisotopic (exact) mass is 292 g/mol. The maximum Gasteiger partial charge on any atom is 0.157 e. The van der Waals surface area contributed by atoms with Crippen molar-refractivity contribution in [3.8, 4) is 0 Å². The first-order valence-electron chi connectivity index (χ1n) is 8.08. The van der Waals surface area contributed by atoms with Crippen LogP contribution in [0.5, 0.6) is 0 Å². The predicted octanol–water partition coefficient (Wildman–Crippen LogP) is 2.38. The van der Waals surface area contributed by atoms with E-state index in [1.54, 1.807) is 0 Å². The summed E-state index contributed by atoms with van der Waals surface area (Å²) in [5.41, 5.74) is 6.97. The first-order chi connectivity index (χ1) is 10.4. The van der Waals surface area contributed by atoms with Crippen LogP contribution in [0.15, 0.2) is 30.3 Å². The zero-order valence-corrected chi connectivity index (χ0v) is 12.9. The SMILES string of the molecule is NCCCN(CCOC1CCCCO1)Cc1ccccc1. The molecule has 118 valence electrons. The Morgan fingerprint density at radius 1 is 1.19 bits per heavy atom. The lowest BCUT2D eigenvalue weighted by Gasteiger charge is -2.26. The van der Waals surface area contributed by atoms with Crippen LogP contribution in [0.3, 0.4) is 0 Å². The summed E-state index contributed by atoms with van der Waals surface area (Å²) in [5.74, 6) is 0. The molecule has 1 aliphatic heterocycles. The van der Waals surface area contributed by atoms with Crippen LogP contribution < -0.4 is 5.73 Å². The van der Waals surface area contributed by atoms with Crippen LogP contribution in [0.1, 0.15) is 31.2 Å². The maximum atomic E-state index is 5.84. The quantitative estimate of drug-likeness (QED) is 0.759. The second-order valence-electron chi connectivity index (χ2n) is 5.57. The van der Waals surface area contributed by atoms with E-state index in [4.69, 9.17) is 15.2 Å². The molecule has 2 N–H and O–H groups in total. The molecular weight excluding hydrogens is 264 g/mol. The summed E-state index contributed by atoms with van der Waals surface area (Å²) in [6.07, 6.45) is 4.43. The van der Waals surface area contributed by atoms with Gasteiger partial charge in [0.25, 0.3) is 0 Å². The molecule has 0 saturated carbocycles. The van der Waals surface area contributed by atoms with Crippen molar-refractivity contribution >= 4 is 0 Å². The van der Waals surface area contributed by atoms with Crippen molar-refractivity contribution < 1.29 is 9.47 Å². The zero-order valence-electron chi connectivity index (χ0n) is 12.9. The number of ether oxygens (including phenoxy) is 2. The molecule has 4 heteroatoms. The van der Waals surface area contributed by atoms with Crippen molar-refractivity contribution in [3.63, 3.8) is 0 Å². The largest absolute Gasteiger partial charge is 0.353 e. The molecule has 0 bridgehead atoms. The molecule has 0 aromatic heterocycles. The van der Waals surface area contributed by atoms with Crippen molar-refractivity contribution in [2.75, 3.05) is 32.8 Å². The maximum absolute atomic E-state index is 5.84. The Hall–Kier alpha value is -0.940. The second kappa shape index (κ2) is 9.90. The van der Waals surface area contributed by atoms with Gasteiger partial charge in [-0.1, -0.05) is 30.3 Å². The second-order valence-corrected chi connectivity index (χ2v) is 5.57. The number of hydrogen-bond donors (Lipinski definition) is 1. The van der Waals surface area contributed by atoms with E-state index in [0.717, 1.165) is 58.7 Å². The molecular formula is C17H28N2O2. The van der Waals surface area contributed by atoms with Crippen molar-refractivity contribution in [2.24, 2.45) is 5.73 Å². The summed E-state index contributed by atoms with van der Waals surface area (Å²) in [4.78, 5) is 2.41. The van der Waals surface area contributed by atoms with Crippen molar-refractivity contribution in [1.29, 1.82) is 0 Å². The third kappa shape index (κ3) is 6.57. The molecule has 0 aliphatic carbocycles. The number of hydrogen-bond acceptors (Lipinski definition) is 4. The molecule has 0 radical (unpaired) electrons. The summed E-state index contributed by atoms with van der Waals surface area (Å²) in [5, 5.41) is 0. The van der Waals surface area contributed by atoms with Crippen molar-refractivity contribution in [1.82, 2.24) is 4.90 Å². The van der Waals surface area contributed by atoms with E-state index in [-0.39, 0.29) is 6.29 Å². The molecule has 0 amide bonds. The van der Waals surface area contributed by atoms with Crippen molar-refractivity contribution in [2.45, 2.75) is 38.5 Å². The fraction of sp³-hybridized carbons (Fsp3) is 0.647. The van der Waals surface area contributed by atoms with Gasteiger partial charge in [0.2, 0.25) is 0 Å². The van der Waals surface area contributed by atoms with Gasteiger partial charge < -0.3 is 15.2 Å². The number of nitrogens with zero attached hydrogens (tertiary/aromatic N) is 1. The highest BCUT2D eigenvalue weighted by Crippen LogP contribution is 2.13. The Labute approximate surface area is 128 Å². The summed E-state index contributed by atoms with van der Waals surface area (Å²) >= 11 is 0. The van der Waals surface area contributed by atoms with Gasteiger partial charge in [-0.15, -0.1) is 0 Å². The highest BCUT2D eigenvalue weighted by atomic mass is 16.7. The van der Waals surface area contributed by atoms with E-state index in [0.29, 0.717) is 0 Å². The minimum absolute atomic E-state index is 0.00633. The third-order valence-corrected chi connectivity index (χ3v) is 3.78. The van der Waals surface area contributed by atoms with Gasteiger partial charge >= 0.3 is 0 Å². The predicted molar refractivity (Wildman–Crippen MR) is 84.9 cm³/mol. The van der Waals surface area contributed by atoms with Gasteiger partial charge in [0.15, 0.2) is 6.29 Å². The Morgan fingerprint density at radius 2 is 2.05 bits per heavy atom. The van der Waals surface area contributed by atoms with Gasteiger partial charge in [-0.2, -0.15) is 0 Å². The zero-order chi connectivity index (χ0) is 14.8. The van der Waals surface area contributed by atoms with E-state index in [1.807, 2.05) is 0 Å². The Kier molecular flexibility index (Phi) is 7.75. The molecule has 1 saturated heterocycles. The van der Waals surface area contributed by atoms with Crippen LogP contribution in [0.4, 0.5) is 0 Å². The minimum Gasteiger partial charge on any atom is -0.353 e. The van der Waals surface area contributed by atoms with Crippen LogP contribution in [0, 0.1) is 0 Å². The molecule has 1 aromatic carbocycles. The van der Waals surface area contributed by atoms with Gasteiger partial charge in [0.05, 0.1) is 6.61 Å². The highest BCUT2D eigenvalue weighted by Gasteiger charge is 2.14. The number of nitrogens with two attached hydrogens (primary N) is 1. The molecule has 2 rings (SSSR count). The topological polar surface area (TPSA) is 47.7 Å². The van der Waals surface area contributed by atoms with Gasteiger partial charge in [0, 0.05) is 19.7 Å². The van der Waals surface area contributed by atoms with Crippen LogP contribution in [0.2, 0.25) is 0 Å². The highest BCUT2D eigenvalue weighted by molar-refractivity contribution is 5.14. The first-order valence-corrected chi connectivity index (χ1v) is 8.08. The fourth-order valence-corrected chi connectivity index (χ4v) is 2.58. The van der Waals surface area contributed by atoms with E-state index >= 15 is 0 Å². The van der Waals surface area contributed by atoms with E-state index in [2.05, 4.69) is 35.2 Å². The van der Waals surface area contributed by atoms with Gasteiger partial charge in [0.1, 0.15) is 0 Å². The summed E-state index contributed by atoms with van der Waals surface area (Å²) < 4.78 is 11.4. The summed E-state index contributed by atoms with van der Waals surface area (Å²) in [6, 6.07) is 10.6. The van der Waals surface area contributed by atoms with Crippen LogP contribution in [0.25, 0.3) is 0 Å². The number of rotatable bonds is 9. The Balaban J connectivity index is 1.73. The lowest BCUT2D eigenvalue weighted by atomic mass is 10.2. The molecule has 1 atom stereocenters. The Morgan fingerprint density at radius 3 is 2.76 bits per heavy atom. The molecule has 1 heterocycles. The van der Waals surface area contributed by atoms with Gasteiger partial charge in [-0.05, 0) is 44.3 Å². The van der Waals surface area contributed by atoms with Crippen LogP contribution >= 0.6 is 0 Å². The first kappa shape index (κ1) is 16.4. The van der Waals surface area contributed by atoms with Crippen LogP contribution in [-0.4, -0.2) is 44.0 Å². The van der Waals surface area contributed by atoms with E-state index in [1.165, 1.54) is 12.0 Å². The standard InChI is InChI=1S/C17H28N2O2/c18-10-6-11-19(15-16-7-2-1-3-8-16)12-14-21-17-9-4-5-13-20-17/h1-3,7-8,17H,4-6,9-15,18H2. The average Bonchev–Trinajstić information content (AvgIpc) is 2.54. The van der Waals surface area contributed by atoms with Crippen molar-refractivity contribution in [3.05, 3.63) is 35.9 Å². The minimum atomic E-state index is 0.00633. The Bertz CT molecular complexity index is 366. The lowest BCUT2D eigenvalue weighted by Crippen LogP contribution is -2.32. The molecule has 1 aliphatic rings. The smallest absolute Gasteiger partial charge is 0.157 e. The van der Waals surface area contributed by atoms with E-state index in [9.17, 15) is 0 Å². The average molecular weight is 292 g/mol. The van der Waals surface area contributed by atoms with Gasteiger partial charge in [-0.25, -0.2) is 0 Å². The summed E-state index contributed by atoms with van der Waals surface area (Å²) in [6.45, 7) is 5.19. The fourth-order valence-electron chi connectivity index (χ4n) is 2.58. The van der Waals surface area contributed by atoms with E-state index < -0.39 is 0 Å².